The van der Waals surface area contributed by atoms with E-state index in [1.54, 1.807) is 11.8 Å². The summed E-state index contributed by atoms with van der Waals surface area (Å²) in [4.78, 5) is 36.8. The molecule has 1 aliphatic heterocycles. The first-order valence-corrected chi connectivity index (χ1v) is 9.36. The number of carbonyl (C=O) groups excluding carboxylic acids is 3. The maximum Gasteiger partial charge on any atom is 0.258 e. The third-order valence-electron chi connectivity index (χ3n) is 3.89. The van der Waals surface area contributed by atoms with Gasteiger partial charge in [0, 0.05) is 13.0 Å². The van der Waals surface area contributed by atoms with Crippen LogP contribution in [0, 0.1) is 5.92 Å². The minimum Gasteiger partial charge on any atom is -0.368 e. The van der Waals surface area contributed by atoms with Gasteiger partial charge in [0.1, 0.15) is 6.04 Å². The van der Waals surface area contributed by atoms with Gasteiger partial charge in [-0.05, 0) is 37.2 Å². The standard InChI is InChI=1S/C15H28N4O3S/c1-10(2)4-5-13(20)19(12(14(17)21)7-9-23-3)18-8-6-11(16)15(18)22/h10-12H,4-9,16H2,1-3H3,(H2,17,21)/t11-,12?/m0/s1. The number of primary amides is 1. The Morgan fingerprint density at radius 3 is 2.48 bits per heavy atom. The molecule has 132 valence electrons. The van der Waals surface area contributed by atoms with Gasteiger partial charge in [-0.25, -0.2) is 10.0 Å². The summed E-state index contributed by atoms with van der Waals surface area (Å²) in [6.45, 7) is 4.39. The summed E-state index contributed by atoms with van der Waals surface area (Å²) in [5, 5.41) is 2.60. The third-order valence-corrected chi connectivity index (χ3v) is 4.54. The number of rotatable bonds is 9. The molecule has 8 heteroatoms. The Morgan fingerprint density at radius 1 is 1.39 bits per heavy atom. The molecule has 0 aromatic carbocycles. The van der Waals surface area contributed by atoms with Crippen LogP contribution in [0.4, 0.5) is 0 Å². The Bertz CT molecular complexity index is 444. The fraction of sp³-hybridized carbons (Fsp3) is 0.800. The van der Waals surface area contributed by atoms with Crippen LogP contribution in [-0.2, 0) is 14.4 Å². The number of thioether (sulfide) groups is 1. The summed E-state index contributed by atoms with van der Waals surface area (Å²) in [5.74, 6) is -0.125. The van der Waals surface area contributed by atoms with Crippen molar-refractivity contribution < 1.29 is 14.4 Å². The highest BCUT2D eigenvalue weighted by Gasteiger charge is 2.40. The zero-order valence-corrected chi connectivity index (χ0v) is 15.0. The molecular formula is C15H28N4O3S. The van der Waals surface area contributed by atoms with E-state index in [9.17, 15) is 14.4 Å². The van der Waals surface area contributed by atoms with E-state index in [-0.39, 0.29) is 18.2 Å². The largest absolute Gasteiger partial charge is 0.368 e. The van der Waals surface area contributed by atoms with Crippen LogP contribution in [0.3, 0.4) is 0 Å². The summed E-state index contributed by atoms with van der Waals surface area (Å²) >= 11 is 1.56. The number of nitrogens with two attached hydrogens (primary N) is 2. The van der Waals surface area contributed by atoms with Crippen molar-refractivity contribution in [3.8, 4) is 0 Å². The zero-order valence-electron chi connectivity index (χ0n) is 14.2. The number of hydrazine groups is 1. The number of amides is 3. The highest BCUT2D eigenvalue weighted by molar-refractivity contribution is 7.98. The summed E-state index contributed by atoms with van der Waals surface area (Å²) in [7, 11) is 0. The molecule has 0 aliphatic carbocycles. The quantitative estimate of drug-likeness (QED) is 0.626. The first-order chi connectivity index (χ1) is 10.8. The average Bonchev–Trinajstić information content (AvgIpc) is 2.80. The summed E-state index contributed by atoms with van der Waals surface area (Å²) < 4.78 is 0. The molecule has 1 fully saturated rings. The van der Waals surface area contributed by atoms with E-state index in [0.29, 0.717) is 37.5 Å². The van der Waals surface area contributed by atoms with Crippen molar-refractivity contribution in [2.45, 2.75) is 51.6 Å². The van der Waals surface area contributed by atoms with Crippen molar-refractivity contribution in [3.05, 3.63) is 0 Å². The minimum absolute atomic E-state index is 0.244. The van der Waals surface area contributed by atoms with Crippen molar-refractivity contribution >= 4 is 29.5 Å². The molecule has 1 rings (SSSR count). The third kappa shape index (κ3) is 5.39. The Labute approximate surface area is 142 Å². The molecule has 1 saturated heterocycles. The van der Waals surface area contributed by atoms with Crippen LogP contribution in [0.5, 0.6) is 0 Å². The zero-order chi connectivity index (χ0) is 17.6. The van der Waals surface area contributed by atoms with Gasteiger partial charge in [0.25, 0.3) is 5.91 Å². The molecule has 0 bridgehead atoms. The Kier molecular flexibility index (Phi) is 7.84. The van der Waals surface area contributed by atoms with E-state index in [1.807, 2.05) is 20.1 Å². The molecule has 0 spiro atoms. The van der Waals surface area contributed by atoms with E-state index in [2.05, 4.69) is 0 Å². The maximum atomic E-state index is 12.7. The molecular weight excluding hydrogens is 316 g/mol. The molecule has 23 heavy (non-hydrogen) atoms. The van der Waals surface area contributed by atoms with Crippen LogP contribution in [-0.4, -0.2) is 58.4 Å². The molecule has 7 nitrogen and oxygen atoms in total. The Balaban J connectivity index is 3.00. The van der Waals surface area contributed by atoms with Crippen LogP contribution in [0.15, 0.2) is 0 Å². The van der Waals surface area contributed by atoms with Gasteiger partial charge in [-0.2, -0.15) is 11.8 Å². The topological polar surface area (TPSA) is 110 Å². The Morgan fingerprint density at radius 2 is 2.04 bits per heavy atom. The highest BCUT2D eigenvalue weighted by atomic mass is 32.2. The van der Waals surface area contributed by atoms with Crippen molar-refractivity contribution in [1.82, 2.24) is 10.0 Å². The predicted octanol–water partition coefficient (Wildman–Crippen LogP) is 0.333. The second-order valence-corrected chi connectivity index (χ2v) is 7.21. The van der Waals surface area contributed by atoms with Gasteiger partial charge in [-0.3, -0.25) is 14.4 Å². The van der Waals surface area contributed by atoms with Gasteiger partial charge in [0.15, 0.2) is 0 Å². The van der Waals surface area contributed by atoms with Crippen LogP contribution in [0.1, 0.15) is 39.5 Å². The number of hydrogen-bond donors (Lipinski definition) is 2. The maximum absolute atomic E-state index is 12.7. The van der Waals surface area contributed by atoms with Crippen molar-refractivity contribution in [2.75, 3.05) is 18.6 Å². The van der Waals surface area contributed by atoms with Gasteiger partial charge in [0.2, 0.25) is 11.8 Å². The van der Waals surface area contributed by atoms with E-state index in [4.69, 9.17) is 11.5 Å². The first-order valence-electron chi connectivity index (χ1n) is 7.96. The molecule has 4 N–H and O–H groups in total. The van der Waals surface area contributed by atoms with Crippen LogP contribution in [0.25, 0.3) is 0 Å². The van der Waals surface area contributed by atoms with Crippen molar-refractivity contribution in [1.29, 1.82) is 0 Å². The van der Waals surface area contributed by atoms with Gasteiger partial charge in [0.05, 0.1) is 6.04 Å². The lowest BCUT2D eigenvalue weighted by Gasteiger charge is -2.37. The van der Waals surface area contributed by atoms with E-state index in [0.717, 1.165) is 0 Å². The summed E-state index contributed by atoms with van der Waals surface area (Å²) in [5.41, 5.74) is 11.3. The van der Waals surface area contributed by atoms with E-state index < -0.39 is 18.0 Å². The Hall–Kier alpha value is -1.28. The second-order valence-electron chi connectivity index (χ2n) is 6.23. The molecule has 3 amide bonds. The molecule has 0 aromatic heterocycles. The number of carbonyl (C=O) groups is 3. The SMILES string of the molecule is CSCCC(C(N)=O)N(C(=O)CCC(C)C)N1CC[C@H](N)C1=O. The minimum atomic E-state index is -0.809. The molecule has 0 aromatic rings. The van der Waals surface area contributed by atoms with Gasteiger partial charge >= 0.3 is 0 Å². The number of hydrogen-bond acceptors (Lipinski definition) is 5. The highest BCUT2D eigenvalue weighted by Crippen LogP contribution is 2.20. The molecule has 1 unspecified atom stereocenters. The van der Waals surface area contributed by atoms with Crippen LogP contribution >= 0.6 is 11.8 Å². The van der Waals surface area contributed by atoms with E-state index >= 15 is 0 Å². The van der Waals surface area contributed by atoms with Gasteiger partial charge in [-0.15, -0.1) is 0 Å². The van der Waals surface area contributed by atoms with E-state index in [1.165, 1.54) is 10.0 Å². The van der Waals surface area contributed by atoms with Gasteiger partial charge < -0.3 is 11.5 Å². The average molecular weight is 344 g/mol. The number of nitrogens with zero attached hydrogens (tertiary/aromatic N) is 2. The lowest BCUT2D eigenvalue weighted by atomic mass is 10.1. The normalized spacial score (nSPS) is 19.3. The molecule has 1 heterocycles. The second kappa shape index (κ2) is 9.12. The smallest absolute Gasteiger partial charge is 0.258 e. The van der Waals surface area contributed by atoms with Crippen LogP contribution < -0.4 is 11.5 Å². The van der Waals surface area contributed by atoms with Crippen molar-refractivity contribution in [2.24, 2.45) is 17.4 Å². The van der Waals surface area contributed by atoms with Gasteiger partial charge in [-0.1, -0.05) is 13.8 Å². The molecule has 1 aliphatic rings. The molecule has 2 atom stereocenters. The van der Waals surface area contributed by atoms with Crippen LogP contribution in [0.2, 0.25) is 0 Å². The lowest BCUT2D eigenvalue weighted by Crippen LogP contribution is -2.58. The van der Waals surface area contributed by atoms with Crippen molar-refractivity contribution in [3.63, 3.8) is 0 Å². The molecule has 0 radical (unpaired) electrons. The molecule has 0 saturated carbocycles. The lowest BCUT2D eigenvalue weighted by molar-refractivity contribution is -0.168. The fourth-order valence-corrected chi connectivity index (χ4v) is 2.98. The summed E-state index contributed by atoms with van der Waals surface area (Å²) in [6, 6.07) is -1.43. The summed E-state index contributed by atoms with van der Waals surface area (Å²) in [6.07, 6.45) is 3.78. The monoisotopic (exact) mass is 344 g/mol. The fourth-order valence-electron chi connectivity index (χ4n) is 2.52. The predicted molar refractivity (Wildman–Crippen MR) is 91.2 cm³/mol. The first kappa shape index (κ1) is 19.8.